The van der Waals surface area contributed by atoms with E-state index in [1.807, 2.05) is 78.7 Å². The third-order valence-corrected chi connectivity index (χ3v) is 5.15. The number of hydrogen-bond donors (Lipinski definition) is 0. The first-order valence-corrected chi connectivity index (χ1v) is 10.00. The van der Waals surface area contributed by atoms with Crippen LogP contribution in [0.5, 0.6) is 11.5 Å². The van der Waals surface area contributed by atoms with E-state index in [4.69, 9.17) is 9.47 Å². The first-order chi connectivity index (χ1) is 15.0. The topological polar surface area (TPSA) is 21.7 Å². The van der Waals surface area contributed by atoms with Gasteiger partial charge in [-0.2, -0.15) is 0 Å². The molecule has 1 heterocycles. The van der Waals surface area contributed by atoms with Crippen molar-refractivity contribution >= 4 is 0 Å². The summed E-state index contributed by atoms with van der Waals surface area (Å²) >= 11 is 0. The van der Waals surface area contributed by atoms with Crippen LogP contribution in [0.4, 0.5) is 8.78 Å². The minimum Gasteiger partial charge on any atom is -0.497 e. The fourth-order valence-corrected chi connectivity index (χ4v) is 3.61. The normalized spacial score (nSPS) is 15.5. The molecule has 1 aliphatic rings. The van der Waals surface area contributed by atoms with Gasteiger partial charge in [0.05, 0.1) is 13.2 Å². The predicted molar refractivity (Wildman–Crippen MR) is 117 cm³/mol. The fraction of sp³-hybridized carbons (Fsp3) is 0.154. The lowest BCUT2D eigenvalue weighted by molar-refractivity contribution is 0.295. The molecular formula is C26H23F2NO2. The Morgan fingerprint density at radius 2 is 1.71 bits per heavy atom. The molecule has 0 saturated heterocycles. The molecule has 0 amide bonds. The van der Waals surface area contributed by atoms with Crippen LogP contribution in [-0.4, -0.2) is 12.0 Å². The Morgan fingerprint density at radius 1 is 0.935 bits per heavy atom. The van der Waals surface area contributed by atoms with Crippen molar-refractivity contribution in [2.24, 2.45) is 0 Å². The van der Waals surface area contributed by atoms with Crippen molar-refractivity contribution in [1.29, 1.82) is 0 Å². The number of benzene rings is 3. The molecule has 3 aromatic carbocycles. The molecule has 158 valence electrons. The molecule has 4 rings (SSSR count). The summed E-state index contributed by atoms with van der Waals surface area (Å²) < 4.78 is 38.9. The number of halogens is 2. The summed E-state index contributed by atoms with van der Waals surface area (Å²) in [4.78, 5) is 2.01. The molecule has 0 N–H and O–H groups in total. The molecule has 0 saturated carbocycles. The van der Waals surface area contributed by atoms with Crippen LogP contribution < -0.4 is 9.47 Å². The Labute approximate surface area is 180 Å². The number of hydrogen-bond acceptors (Lipinski definition) is 3. The van der Waals surface area contributed by atoms with Crippen molar-refractivity contribution in [3.05, 3.63) is 119 Å². The van der Waals surface area contributed by atoms with E-state index in [2.05, 4.69) is 0 Å². The van der Waals surface area contributed by atoms with Crippen molar-refractivity contribution in [3.8, 4) is 11.5 Å². The zero-order valence-corrected chi connectivity index (χ0v) is 17.4. The second-order valence-corrected chi connectivity index (χ2v) is 7.42. The average molecular weight is 419 g/mol. The van der Waals surface area contributed by atoms with Crippen molar-refractivity contribution in [2.45, 2.75) is 19.5 Å². The van der Waals surface area contributed by atoms with E-state index in [1.54, 1.807) is 7.11 Å². The first-order valence-electron chi connectivity index (χ1n) is 10.00. The molecule has 1 atom stereocenters. The fourth-order valence-electron chi connectivity index (χ4n) is 3.61. The molecule has 0 radical (unpaired) electrons. The third-order valence-electron chi connectivity index (χ3n) is 5.15. The third kappa shape index (κ3) is 4.94. The summed E-state index contributed by atoms with van der Waals surface area (Å²) in [5.41, 5.74) is 2.56. The van der Waals surface area contributed by atoms with E-state index in [0.717, 1.165) is 28.7 Å². The van der Waals surface area contributed by atoms with E-state index < -0.39 is 11.6 Å². The Morgan fingerprint density at radius 3 is 2.45 bits per heavy atom. The lowest BCUT2D eigenvalue weighted by Gasteiger charge is -2.32. The van der Waals surface area contributed by atoms with Crippen molar-refractivity contribution in [3.63, 3.8) is 0 Å². The highest BCUT2D eigenvalue weighted by Crippen LogP contribution is 2.33. The van der Waals surface area contributed by atoms with Crippen LogP contribution in [0, 0.1) is 18.6 Å². The van der Waals surface area contributed by atoms with Gasteiger partial charge in [-0.05, 0) is 66.1 Å². The van der Waals surface area contributed by atoms with Crippen molar-refractivity contribution in [1.82, 2.24) is 4.90 Å². The van der Waals surface area contributed by atoms with Crippen LogP contribution in [0.25, 0.3) is 0 Å². The maximum Gasteiger partial charge on any atom is 0.130 e. The van der Waals surface area contributed by atoms with Gasteiger partial charge in [-0.3, -0.25) is 0 Å². The predicted octanol–water partition coefficient (Wildman–Crippen LogP) is 6.32. The van der Waals surface area contributed by atoms with E-state index in [-0.39, 0.29) is 6.04 Å². The number of rotatable bonds is 6. The molecule has 31 heavy (non-hydrogen) atoms. The minimum atomic E-state index is -0.590. The van der Waals surface area contributed by atoms with Gasteiger partial charge in [0.1, 0.15) is 28.9 Å². The molecule has 1 unspecified atom stereocenters. The summed E-state index contributed by atoms with van der Waals surface area (Å²) in [6.45, 7) is 2.33. The molecule has 0 bridgehead atoms. The minimum absolute atomic E-state index is 0.203. The van der Waals surface area contributed by atoms with Crippen LogP contribution in [0.3, 0.4) is 0 Å². The SMILES string of the molecule is COc1cccc(C2C=C(Oc3ccccc3C)C=CN2Cc2cc(F)cc(F)c2)c1. The molecule has 3 nitrogen and oxygen atoms in total. The molecule has 0 fully saturated rings. The average Bonchev–Trinajstić information content (AvgIpc) is 2.76. The second kappa shape index (κ2) is 9.04. The Hall–Kier alpha value is -3.60. The number of aryl methyl sites for hydroxylation is 1. The van der Waals surface area contributed by atoms with Crippen LogP contribution in [0.1, 0.15) is 22.7 Å². The van der Waals surface area contributed by atoms with Crippen LogP contribution in [0.15, 0.2) is 90.8 Å². The number of para-hydroxylation sites is 1. The quantitative estimate of drug-likeness (QED) is 0.467. The summed E-state index contributed by atoms with van der Waals surface area (Å²) in [7, 11) is 1.62. The van der Waals surface area contributed by atoms with Gasteiger partial charge in [-0.1, -0.05) is 30.3 Å². The van der Waals surface area contributed by atoms with E-state index >= 15 is 0 Å². The molecule has 1 aliphatic heterocycles. The highest BCUT2D eigenvalue weighted by atomic mass is 19.1. The number of allylic oxidation sites excluding steroid dienone is 1. The first kappa shape index (κ1) is 20.7. The van der Waals surface area contributed by atoms with Crippen LogP contribution >= 0.6 is 0 Å². The van der Waals surface area contributed by atoms with Gasteiger partial charge in [0.2, 0.25) is 0 Å². The lowest BCUT2D eigenvalue weighted by Crippen LogP contribution is -2.25. The van der Waals surface area contributed by atoms with Crippen LogP contribution in [0.2, 0.25) is 0 Å². The standard InChI is InChI=1S/C26H23F2NO2/c1-18-6-3-4-9-26(18)31-24-10-11-29(17-19-12-21(27)15-22(28)13-19)25(16-24)20-7-5-8-23(14-20)30-2/h3-16,25H,17H2,1-2H3. The maximum absolute atomic E-state index is 13.7. The number of nitrogens with zero attached hydrogens (tertiary/aromatic N) is 1. The van der Waals surface area contributed by atoms with Crippen LogP contribution in [-0.2, 0) is 6.54 Å². The lowest BCUT2D eigenvalue weighted by atomic mass is 10.0. The Bertz CT molecular complexity index is 1120. The van der Waals surface area contributed by atoms with Crippen molar-refractivity contribution < 1.29 is 18.3 Å². The van der Waals surface area contributed by atoms with Gasteiger partial charge < -0.3 is 14.4 Å². The number of methoxy groups -OCH3 is 1. The van der Waals surface area contributed by atoms with Gasteiger partial charge in [0.25, 0.3) is 0 Å². The van der Waals surface area contributed by atoms with Crippen molar-refractivity contribution in [2.75, 3.05) is 7.11 Å². The van der Waals surface area contributed by atoms with E-state index in [0.29, 0.717) is 17.9 Å². The second-order valence-electron chi connectivity index (χ2n) is 7.42. The zero-order valence-electron chi connectivity index (χ0n) is 17.4. The van der Waals surface area contributed by atoms with Gasteiger partial charge in [-0.15, -0.1) is 0 Å². The summed E-state index contributed by atoms with van der Waals surface area (Å²) in [5, 5.41) is 0. The van der Waals surface area contributed by atoms with Gasteiger partial charge in [0, 0.05) is 18.8 Å². The zero-order chi connectivity index (χ0) is 21.8. The van der Waals surface area contributed by atoms with Gasteiger partial charge in [-0.25, -0.2) is 8.78 Å². The highest BCUT2D eigenvalue weighted by molar-refractivity contribution is 5.39. The van der Waals surface area contributed by atoms with E-state index in [1.165, 1.54) is 12.1 Å². The summed E-state index contributed by atoms with van der Waals surface area (Å²) in [5.74, 6) is 1.03. The molecule has 0 aromatic heterocycles. The van der Waals surface area contributed by atoms with E-state index in [9.17, 15) is 8.78 Å². The highest BCUT2D eigenvalue weighted by Gasteiger charge is 2.22. The molecule has 3 aromatic rings. The van der Waals surface area contributed by atoms with Gasteiger partial charge >= 0.3 is 0 Å². The smallest absolute Gasteiger partial charge is 0.130 e. The Balaban J connectivity index is 1.67. The monoisotopic (exact) mass is 419 g/mol. The molecule has 0 spiro atoms. The Kier molecular flexibility index (Phi) is 6.03. The maximum atomic E-state index is 13.7. The molecule has 0 aliphatic carbocycles. The summed E-state index contributed by atoms with van der Waals surface area (Å²) in [6.07, 6.45) is 5.75. The van der Waals surface area contributed by atoms with Gasteiger partial charge in [0.15, 0.2) is 0 Å². The number of ether oxygens (including phenoxy) is 2. The molecular weight excluding hydrogens is 396 g/mol. The molecule has 5 heteroatoms. The largest absolute Gasteiger partial charge is 0.497 e. The summed E-state index contributed by atoms with van der Waals surface area (Å²) in [6, 6.07) is 18.9.